The van der Waals surface area contributed by atoms with Gasteiger partial charge in [0.2, 0.25) is 0 Å². The first-order valence-electron chi connectivity index (χ1n) is 4.10. The molecule has 0 aromatic carbocycles. The van der Waals surface area contributed by atoms with Crippen LogP contribution in [0.15, 0.2) is 11.6 Å². The Morgan fingerprint density at radius 2 is 2.18 bits per heavy atom. The smallest absolute Gasteiger partial charge is 0.0848 e. The summed E-state index contributed by atoms with van der Waals surface area (Å²) >= 11 is 0. The van der Waals surface area contributed by atoms with Crippen LogP contribution >= 0.6 is 0 Å². The van der Waals surface area contributed by atoms with Crippen molar-refractivity contribution in [1.82, 2.24) is 5.32 Å². The molecule has 0 aromatic heterocycles. The van der Waals surface area contributed by atoms with Crippen LogP contribution in [0.5, 0.6) is 0 Å². The molecule has 1 unspecified atom stereocenters. The highest BCUT2D eigenvalue weighted by molar-refractivity contribution is 5.17. The summed E-state index contributed by atoms with van der Waals surface area (Å²) in [6.07, 6.45) is 1.68. The van der Waals surface area contributed by atoms with E-state index in [0.29, 0.717) is 6.54 Å². The minimum atomic E-state index is -0.294. The second kappa shape index (κ2) is 2.95. The van der Waals surface area contributed by atoms with E-state index < -0.39 is 0 Å². The Morgan fingerprint density at radius 3 is 2.55 bits per heavy atom. The molecule has 0 amide bonds. The lowest BCUT2D eigenvalue weighted by Gasteiger charge is -2.28. The van der Waals surface area contributed by atoms with Gasteiger partial charge in [-0.1, -0.05) is 32.4 Å². The van der Waals surface area contributed by atoms with Crippen molar-refractivity contribution in [3.05, 3.63) is 11.6 Å². The van der Waals surface area contributed by atoms with E-state index in [9.17, 15) is 5.11 Å². The van der Waals surface area contributed by atoms with Gasteiger partial charge in [0.05, 0.1) is 6.10 Å². The van der Waals surface area contributed by atoms with E-state index in [2.05, 4.69) is 26.1 Å². The Hall–Kier alpha value is -0.340. The highest BCUT2D eigenvalue weighted by Gasteiger charge is 2.20. The van der Waals surface area contributed by atoms with Gasteiger partial charge >= 0.3 is 0 Å². The fraction of sp³-hybridized carbons (Fsp3) is 0.778. The van der Waals surface area contributed by atoms with Gasteiger partial charge in [0.15, 0.2) is 0 Å². The van der Waals surface area contributed by atoms with Gasteiger partial charge < -0.3 is 10.4 Å². The summed E-state index contributed by atoms with van der Waals surface area (Å²) in [6.45, 7) is 8.11. The predicted octanol–water partition coefficient (Wildman–Crippen LogP) is 0.923. The lowest BCUT2D eigenvalue weighted by molar-refractivity contribution is 0.208. The van der Waals surface area contributed by atoms with Crippen molar-refractivity contribution in [3.8, 4) is 0 Å². The Morgan fingerprint density at radius 1 is 1.55 bits per heavy atom. The van der Waals surface area contributed by atoms with Crippen LogP contribution < -0.4 is 5.32 Å². The topological polar surface area (TPSA) is 32.3 Å². The van der Waals surface area contributed by atoms with Gasteiger partial charge in [-0.05, 0) is 5.41 Å². The van der Waals surface area contributed by atoms with Crippen LogP contribution in [0.4, 0.5) is 0 Å². The number of aliphatic hydroxyl groups excluding tert-OH is 1. The molecular weight excluding hydrogens is 138 g/mol. The van der Waals surface area contributed by atoms with Gasteiger partial charge in [0, 0.05) is 13.1 Å². The minimum absolute atomic E-state index is 0.189. The molecule has 0 fully saturated rings. The van der Waals surface area contributed by atoms with E-state index in [0.717, 1.165) is 6.54 Å². The lowest BCUT2D eigenvalue weighted by atomic mass is 9.84. The molecule has 0 aromatic rings. The number of rotatable bonds is 0. The molecule has 2 heteroatoms. The first kappa shape index (κ1) is 8.75. The summed E-state index contributed by atoms with van der Waals surface area (Å²) in [5, 5.41) is 12.5. The number of hydrogen-bond acceptors (Lipinski definition) is 2. The zero-order valence-corrected chi connectivity index (χ0v) is 7.52. The molecule has 1 aliphatic rings. The van der Waals surface area contributed by atoms with E-state index in [1.54, 1.807) is 0 Å². The molecule has 1 atom stereocenters. The standard InChI is InChI=1S/C9H17NO/c1-9(2,3)7-4-8(11)6-10-5-7/h4,8,10-11H,5-6H2,1-3H3. The third-order valence-electron chi connectivity index (χ3n) is 2.03. The van der Waals surface area contributed by atoms with Gasteiger partial charge in [-0.25, -0.2) is 0 Å². The molecule has 11 heavy (non-hydrogen) atoms. The van der Waals surface area contributed by atoms with E-state index >= 15 is 0 Å². The zero-order valence-electron chi connectivity index (χ0n) is 7.52. The van der Waals surface area contributed by atoms with Gasteiger partial charge in [-0.15, -0.1) is 0 Å². The second-order valence-electron chi connectivity index (χ2n) is 4.14. The number of aliphatic hydroxyl groups is 1. The molecule has 1 heterocycles. The molecule has 0 aliphatic carbocycles. The van der Waals surface area contributed by atoms with Crippen LogP contribution in [0, 0.1) is 5.41 Å². The Balaban J connectivity index is 2.71. The van der Waals surface area contributed by atoms with Crippen LogP contribution in [0.3, 0.4) is 0 Å². The van der Waals surface area contributed by atoms with E-state index in [4.69, 9.17) is 0 Å². The normalized spacial score (nSPS) is 26.5. The third-order valence-corrected chi connectivity index (χ3v) is 2.03. The average molecular weight is 155 g/mol. The third kappa shape index (κ3) is 2.31. The van der Waals surface area contributed by atoms with Crippen molar-refractivity contribution >= 4 is 0 Å². The summed E-state index contributed by atoms with van der Waals surface area (Å²) in [5.41, 5.74) is 1.49. The lowest BCUT2D eigenvalue weighted by Crippen LogP contribution is -2.35. The number of nitrogens with one attached hydrogen (secondary N) is 1. The van der Waals surface area contributed by atoms with Gasteiger partial charge in [-0.2, -0.15) is 0 Å². The van der Waals surface area contributed by atoms with Crippen molar-refractivity contribution in [2.45, 2.75) is 26.9 Å². The first-order chi connectivity index (χ1) is 5.00. The van der Waals surface area contributed by atoms with Crippen molar-refractivity contribution in [2.24, 2.45) is 5.41 Å². The van der Waals surface area contributed by atoms with Crippen LogP contribution in [-0.4, -0.2) is 24.3 Å². The second-order valence-corrected chi connectivity index (χ2v) is 4.14. The number of β-amino-alcohol motifs (C(OH)–C–C–N with tert-alkyl or cyclic N) is 1. The first-order valence-corrected chi connectivity index (χ1v) is 4.10. The zero-order chi connectivity index (χ0) is 8.48. The molecule has 0 spiro atoms. The molecule has 1 rings (SSSR count). The largest absolute Gasteiger partial charge is 0.388 e. The summed E-state index contributed by atoms with van der Waals surface area (Å²) in [4.78, 5) is 0. The SMILES string of the molecule is CC(C)(C)C1=CC(O)CNC1. The summed E-state index contributed by atoms with van der Waals surface area (Å²) < 4.78 is 0. The highest BCUT2D eigenvalue weighted by atomic mass is 16.3. The maximum absolute atomic E-state index is 9.30. The average Bonchev–Trinajstić information content (AvgIpc) is 1.86. The highest BCUT2D eigenvalue weighted by Crippen LogP contribution is 2.25. The van der Waals surface area contributed by atoms with Crippen LogP contribution in [0.1, 0.15) is 20.8 Å². The Labute approximate surface area is 68.3 Å². The number of hydrogen-bond donors (Lipinski definition) is 2. The predicted molar refractivity (Wildman–Crippen MR) is 46.4 cm³/mol. The van der Waals surface area contributed by atoms with Gasteiger partial charge in [0.25, 0.3) is 0 Å². The van der Waals surface area contributed by atoms with Crippen LogP contribution in [-0.2, 0) is 0 Å². The quantitative estimate of drug-likeness (QED) is 0.510. The Bertz CT molecular complexity index is 167. The van der Waals surface area contributed by atoms with E-state index in [-0.39, 0.29) is 11.5 Å². The summed E-state index contributed by atoms with van der Waals surface area (Å²) in [5.74, 6) is 0. The minimum Gasteiger partial charge on any atom is -0.388 e. The maximum Gasteiger partial charge on any atom is 0.0848 e. The molecule has 2 N–H and O–H groups in total. The van der Waals surface area contributed by atoms with Crippen molar-refractivity contribution in [3.63, 3.8) is 0 Å². The molecule has 0 radical (unpaired) electrons. The van der Waals surface area contributed by atoms with Crippen molar-refractivity contribution < 1.29 is 5.11 Å². The van der Waals surface area contributed by atoms with E-state index in [1.165, 1.54) is 5.57 Å². The van der Waals surface area contributed by atoms with E-state index in [1.807, 2.05) is 6.08 Å². The fourth-order valence-electron chi connectivity index (χ4n) is 1.22. The summed E-state index contributed by atoms with van der Waals surface area (Å²) in [7, 11) is 0. The Kier molecular flexibility index (Phi) is 2.35. The maximum atomic E-state index is 9.30. The van der Waals surface area contributed by atoms with Crippen molar-refractivity contribution in [2.75, 3.05) is 13.1 Å². The molecule has 1 aliphatic heterocycles. The molecular formula is C9H17NO. The molecule has 2 nitrogen and oxygen atoms in total. The molecule has 0 saturated heterocycles. The van der Waals surface area contributed by atoms with Gasteiger partial charge in [0.1, 0.15) is 0 Å². The monoisotopic (exact) mass is 155 g/mol. The van der Waals surface area contributed by atoms with Crippen LogP contribution in [0.2, 0.25) is 0 Å². The molecule has 0 saturated carbocycles. The fourth-order valence-corrected chi connectivity index (χ4v) is 1.22. The molecule has 0 bridgehead atoms. The van der Waals surface area contributed by atoms with Gasteiger partial charge in [-0.3, -0.25) is 0 Å². The van der Waals surface area contributed by atoms with Crippen LogP contribution in [0.25, 0.3) is 0 Å². The molecule has 64 valence electrons. The van der Waals surface area contributed by atoms with Crippen molar-refractivity contribution in [1.29, 1.82) is 0 Å². The summed E-state index contributed by atoms with van der Waals surface area (Å²) in [6, 6.07) is 0.